The molecular weight excluding hydrogens is 352 g/mol. The Morgan fingerprint density at radius 2 is 1.88 bits per heavy atom. The van der Waals surface area contributed by atoms with Crippen molar-refractivity contribution in [3.63, 3.8) is 0 Å². The quantitative estimate of drug-likeness (QED) is 0.829. The molecule has 3 heterocycles. The molecular formula is C18H30N4O3S. The standard InChI is InChI=1S/C18H30N4O3S/c1-14-12-21(13-15(2)25-14)9-5-16-6-10-22(11-7-16)18-17(26(19,23)24)4-3-8-20-18/h3-4,8,14-16H,5-7,9-13H2,1-2H3,(H2,19,23,24). The van der Waals surface area contributed by atoms with Crippen molar-refractivity contribution >= 4 is 15.8 Å². The van der Waals surface area contributed by atoms with Crippen LogP contribution in [0.4, 0.5) is 5.82 Å². The normalized spacial score (nSPS) is 26.2. The number of nitrogens with two attached hydrogens (primary N) is 1. The Morgan fingerprint density at radius 1 is 1.23 bits per heavy atom. The van der Waals surface area contributed by atoms with E-state index < -0.39 is 10.0 Å². The second-order valence-electron chi connectivity index (χ2n) is 7.61. The number of ether oxygens (including phenoxy) is 1. The molecule has 8 heteroatoms. The molecule has 0 radical (unpaired) electrons. The Hall–Kier alpha value is -1.22. The second-order valence-corrected chi connectivity index (χ2v) is 9.14. The summed E-state index contributed by atoms with van der Waals surface area (Å²) >= 11 is 0. The minimum absolute atomic E-state index is 0.120. The summed E-state index contributed by atoms with van der Waals surface area (Å²) in [7, 11) is -3.75. The number of piperidine rings is 1. The van der Waals surface area contributed by atoms with Crippen LogP contribution in [0.2, 0.25) is 0 Å². The fourth-order valence-electron chi connectivity index (χ4n) is 4.11. The van der Waals surface area contributed by atoms with E-state index in [-0.39, 0.29) is 4.90 Å². The topological polar surface area (TPSA) is 88.8 Å². The summed E-state index contributed by atoms with van der Waals surface area (Å²) in [6.45, 7) is 9.03. The first-order valence-corrected chi connectivity index (χ1v) is 11.0. The smallest absolute Gasteiger partial charge is 0.241 e. The molecule has 2 aliphatic rings. The third-order valence-electron chi connectivity index (χ3n) is 5.32. The van der Waals surface area contributed by atoms with Gasteiger partial charge in [-0.15, -0.1) is 0 Å². The highest BCUT2D eigenvalue weighted by atomic mass is 32.2. The number of hydrogen-bond donors (Lipinski definition) is 1. The van der Waals surface area contributed by atoms with E-state index in [1.54, 1.807) is 12.3 Å². The number of aromatic nitrogens is 1. The fourth-order valence-corrected chi connectivity index (χ4v) is 4.81. The molecule has 2 unspecified atom stereocenters. The van der Waals surface area contributed by atoms with Crippen molar-refractivity contribution in [3.05, 3.63) is 18.3 Å². The van der Waals surface area contributed by atoms with Gasteiger partial charge in [0.05, 0.1) is 12.2 Å². The summed E-state index contributed by atoms with van der Waals surface area (Å²) in [6.07, 6.45) is 5.52. The lowest BCUT2D eigenvalue weighted by Crippen LogP contribution is -2.46. The van der Waals surface area contributed by atoms with Gasteiger partial charge in [0, 0.05) is 32.4 Å². The van der Waals surface area contributed by atoms with Crippen molar-refractivity contribution in [2.45, 2.75) is 50.2 Å². The van der Waals surface area contributed by atoms with Gasteiger partial charge in [-0.2, -0.15) is 0 Å². The molecule has 0 spiro atoms. The third kappa shape index (κ3) is 4.94. The first-order valence-electron chi connectivity index (χ1n) is 9.43. The van der Waals surface area contributed by atoms with Gasteiger partial charge in [0.1, 0.15) is 10.7 Å². The van der Waals surface area contributed by atoms with Gasteiger partial charge in [-0.05, 0) is 57.7 Å². The highest BCUT2D eigenvalue weighted by Gasteiger charge is 2.26. The summed E-state index contributed by atoms with van der Waals surface area (Å²) in [5.41, 5.74) is 0. The molecule has 2 atom stereocenters. The summed E-state index contributed by atoms with van der Waals surface area (Å²) in [4.78, 5) is 8.95. The molecule has 0 bridgehead atoms. The maximum absolute atomic E-state index is 11.8. The molecule has 2 fully saturated rings. The van der Waals surface area contributed by atoms with E-state index >= 15 is 0 Å². The van der Waals surface area contributed by atoms with Crippen molar-refractivity contribution in [2.24, 2.45) is 11.1 Å². The van der Waals surface area contributed by atoms with Gasteiger partial charge in [0.25, 0.3) is 0 Å². The fraction of sp³-hybridized carbons (Fsp3) is 0.722. The number of morpholine rings is 1. The van der Waals surface area contributed by atoms with Gasteiger partial charge in [0.2, 0.25) is 10.0 Å². The van der Waals surface area contributed by atoms with E-state index in [2.05, 4.69) is 28.6 Å². The molecule has 3 rings (SSSR count). The Labute approximate surface area is 156 Å². The van der Waals surface area contributed by atoms with Crippen LogP contribution in [0, 0.1) is 5.92 Å². The average Bonchev–Trinajstić information content (AvgIpc) is 2.59. The number of primary sulfonamides is 1. The van der Waals surface area contributed by atoms with Crippen molar-refractivity contribution in [1.29, 1.82) is 0 Å². The Balaban J connectivity index is 1.52. The molecule has 7 nitrogen and oxygen atoms in total. The molecule has 2 saturated heterocycles. The Bertz CT molecular complexity index is 694. The molecule has 2 aliphatic heterocycles. The summed E-state index contributed by atoms with van der Waals surface area (Å²) in [5.74, 6) is 1.16. The molecule has 26 heavy (non-hydrogen) atoms. The van der Waals surface area contributed by atoms with Crippen molar-refractivity contribution < 1.29 is 13.2 Å². The highest BCUT2D eigenvalue weighted by molar-refractivity contribution is 7.89. The maximum Gasteiger partial charge on any atom is 0.241 e. The van der Waals surface area contributed by atoms with Crippen LogP contribution in [-0.4, -0.2) is 63.2 Å². The minimum Gasteiger partial charge on any atom is -0.373 e. The van der Waals surface area contributed by atoms with Crippen LogP contribution in [0.15, 0.2) is 23.2 Å². The van der Waals surface area contributed by atoms with Crippen molar-refractivity contribution in [1.82, 2.24) is 9.88 Å². The summed E-state index contributed by atoms with van der Waals surface area (Å²) in [5, 5.41) is 5.33. The van der Waals surface area contributed by atoms with Crippen LogP contribution in [0.3, 0.4) is 0 Å². The predicted octanol–water partition coefficient (Wildman–Crippen LogP) is 1.44. The van der Waals surface area contributed by atoms with Crippen LogP contribution in [0.5, 0.6) is 0 Å². The first kappa shape index (κ1) is 19.5. The highest BCUT2D eigenvalue weighted by Crippen LogP contribution is 2.28. The molecule has 1 aromatic rings. The molecule has 0 amide bonds. The number of sulfonamides is 1. The van der Waals surface area contributed by atoms with Crippen molar-refractivity contribution in [3.8, 4) is 0 Å². The first-order chi connectivity index (χ1) is 12.3. The van der Waals surface area contributed by atoms with Gasteiger partial charge >= 0.3 is 0 Å². The van der Waals surface area contributed by atoms with E-state index in [9.17, 15) is 8.42 Å². The zero-order chi connectivity index (χ0) is 18.7. The number of rotatable bonds is 5. The van der Waals surface area contributed by atoms with Gasteiger partial charge in [-0.3, -0.25) is 4.90 Å². The van der Waals surface area contributed by atoms with Crippen LogP contribution in [-0.2, 0) is 14.8 Å². The van der Waals surface area contributed by atoms with E-state index in [0.717, 1.165) is 45.6 Å². The van der Waals surface area contributed by atoms with Crippen molar-refractivity contribution in [2.75, 3.05) is 37.6 Å². The van der Waals surface area contributed by atoms with Gasteiger partial charge < -0.3 is 9.64 Å². The minimum atomic E-state index is -3.75. The lowest BCUT2D eigenvalue weighted by Gasteiger charge is -2.37. The third-order valence-corrected chi connectivity index (χ3v) is 6.25. The second kappa shape index (κ2) is 8.21. The number of anilines is 1. The molecule has 1 aromatic heterocycles. The summed E-state index contributed by atoms with van der Waals surface area (Å²) in [6, 6.07) is 3.14. The largest absolute Gasteiger partial charge is 0.373 e. The number of hydrogen-bond acceptors (Lipinski definition) is 6. The van der Waals surface area contributed by atoms with Crippen LogP contribution in [0.1, 0.15) is 33.1 Å². The summed E-state index contributed by atoms with van der Waals surface area (Å²) < 4.78 is 29.4. The predicted molar refractivity (Wildman–Crippen MR) is 102 cm³/mol. The van der Waals surface area contributed by atoms with Gasteiger partial charge in [0.15, 0.2) is 0 Å². The van der Waals surface area contributed by atoms with E-state index in [0.29, 0.717) is 23.9 Å². The van der Waals surface area contributed by atoms with E-state index in [1.165, 1.54) is 12.5 Å². The number of pyridine rings is 1. The lowest BCUT2D eigenvalue weighted by molar-refractivity contribution is -0.0690. The van der Waals surface area contributed by atoms with Crippen LogP contribution in [0.25, 0.3) is 0 Å². The monoisotopic (exact) mass is 382 g/mol. The zero-order valence-corrected chi connectivity index (χ0v) is 16.5. The average molecular weight is 383 g/mol. The molecule has 2 N–H and O–H groups in total. The zero-order valence-electron chi connectivity index (χ0n) is 15.7. The Morgan fingerprint density at radius 3 is 2.50 bits per heavy atom. The number of nitrogens with zero attached hydrogens (tertiary/aromatic N) is 3. The van der Waals surface area contributed by atoms with E-state index in [1.807, 2.05) is 0 Å². The molecule has 0 aliphatic carbocycles. The maximum atomic E-state index is 11.8. The SMILES string of the molecule is CC1CN(CCC2CCN(c3ncccc3S(N)(=O)=O)CC2)CC(C)O1. The molecule has 0 aromatic carbocycles. The van der Waals surface area contributed by atoms with E-state index in [4.69, 9.17) is 9.88 Å². The molecule has 0 saturated carbocycles. The van der Waals surface area contributed by atoms with Gasteiger partial charge in [-0.25, -0.2) is 18.5 Å². The van der Waals surface area contributed by atoms with Crippen LogP contribution >= 0.6 is 0 Å². The molecule has 146 valence electrons. The lowest BCUT2D eigenvalue weighted by atomic mass is 9.93. The Kier molecular flexibility index (Phi) is 6.17. The van der Waals surface area contributed by atoms with Gasteiger partial charge in [-0.1, -0.05) is 0 Å². The van der Waals surface area contributed by atoms with Crippen LogP contribution < -0.4 is 10.0 Å².